The molecule has 4 aliphatic carbocycles. The van der Waals surface area contributed by atoms with E-state index in [1.807, 2.05) is 34.6 Å². The minimum Gasteiger partial charge on any atom is -0.464 e. The molecule has 0 radical (unpaired) electrons. The number of nitrogens with one attached hydrogen (secondary N) is 3. The molecule has 4 saturated carbocycles. The molecule has 242 valence electrons. The van der Waals surface area contributed by atoms with Crippen molar-refractivity contribution in [1.82, 2.24) is 20.9 Å². The van der Waals surface area contributed by atoms with Crippen LogP contribution in [-0.4, -0.2) is 77.7 Å². The summed E-state index contributed by atoms with van der Waals surface area (Å²) >= 11 is 0. The number of ether oxygens (including phenoxy) is 1. The van der Waals surface area contributed by atoms with Crippen molar-refractivity contribution in [3.63, 3.8) is 0 Å². The molecule has 12 nitrogen and oxygen atoms in total. The van der Waals surface area contributed by atoms with E-state index in [2.05, 4.69) is 16.0 Å². The lowest BCUT2D eigenvalue weighted by Gasteiger charge is -2.37. The Kier molecular flexibility index (Phi) is 8.83. The molecule has 0 aromatic rings. The summed E-state index contributed by atoms with van der Waals surface area (Å²) in [5.74, 6) is -2.89. The van der Waals surface area contributed by atoms with E-state index in [1.165, 1.54) is 4.90 Å². The molecule has 0 aromatic heterocycles. The Balaban J connectivity index is 1.31. The van der Waals surface area contributed by atoms with E-state index in [1.54, 1.807) is 0 Å². The number of primary amides is 1. The maximum atomic E-state index is 14.2. The van der Waals surface area contributed by atoms with Crippen molar-refractivity contribution >= 4 is 35.5 Å². The van der Waals surface area contributed by atoms with Gasteiger partial charge in [0.1, 0.15) is 18.1 Å². The lowest BCUT2D eigenvalue weighted by molar-refractivity contribution is -0.147. The Morgan fingerprint density at radius 1 is 0.932 bits per heavy atom. The summed E-state index contributed by atoms with van der Waals surface area (Å²) in [5, 5.41) is 8.31. The summed E-state index contributed by atoms with van der Waals surface area (Å²) in [6, 6.07) is -4.38. The van der Waals surface area contributed by atoms with Crippen LogP contribution in [0.5, 0.6) is 0 Å². The highest BCUT2D eigenvalue weighted by Gasteiger charge is 2.62. The number of nitrogens with two attached hydrogens (primary N) is 1. The van der Waals surface area contributed by atoms with Crippen molar-refractivity contribution in [2.75, 3.05) is 13.2 Å². The van der Waals surface area contributed by atoms with Gasteiger partial charge in [0.25, 0.3) is 5.91 Å². The van der Waals surface area contributed by atoms with Crippen molar-refractivity contribution in [3.05, 3.63) is 11.1 Å². The number of Topliss-reactive ketones (excluding diaryl/α,β-unsaturated/α-hetero) is 1. The molecular weight excluding hydrogens is 566 g/mol. The van der Waals surface area contributed by atoms with Gasteiger partial charge in [-0.25, -0.2) is 9.59 Å². The van der Waals surface area contributed by atoms with Gasteiger partial charge in [-0.3, -0.25) is 19.2 Å². The number of allylic oxidation sites excluding steroid dienone is 1. The van der Waals surface area contributed by atoms with Crippen molar-refractivity contribution in [2.24, 2.45) is 40.7 Å². The highest BCUT2D eigenvalue weighted by atomic mass is 16.5. The second-order valence-corrected chi connectivity index (χ2v) is 14.8. The zero-order chi connectivity index (χ0) is 32.1. The van der Waals surface area contributed by atoms with E-state index in [0.29, 0.717) is 25.5 Å². The van der Waals surface area contributed by atoms with Crippen LogP contribution in [-0.2, 0) is 28.7 Å². The standard InChI is InChI=1S/C32H47N5O7/c1-15(2)21-19-13-37(24(22(19)21)28(40)34-20(12-16-6-7-16)25(38)27(33)39)29(41)26(32(3,4)5)36-31(43)35-23(18-10-11-18)30(42)44-14-17-8-9-17/h16-20,22-24,26H,6-14H2,1-5H3,(H2,33,39)(H,34,40)(H2,35,36,43)/t19-,20?,22-,23+,24+,26?/m1/s1. The molecule has 0 bridgehead atoms. The van der Waals surface area contributed by atoms with Crippen molar-refractivity contribution in [2.45, 2.75) is 104 Å². The number of urea groups is 1. The molecule has 5 rings (SSSR count). The van der Waals surface area contributed by atoms with Crippen LogP contribution in [0, 0.1) is 35.0 Å². The summed E-state index contributed by atoms with van der Waals surface area (Å²) in [5.41, 5.74) is 6.75. The van der Waals surface area contributed by atoms with Crippen LogP contribution in [0.3, 0.4) is 0 Å². The second kappa shape index (κ2) is 12.2. The number of rotatable bonds is 13. The molecule has 0 aromatic carbocycles. The van der Waals surface area contributed by atoms with E-state index in [4.69, 9.17) is 10.5 Å². The Hall–Kier alpha value is -3.44. The fourth-order valence-electron chi connectivity index (χ4n) is 6.55. The van der Waals surface area contributed by atoms with E-state index in [9.17, 15) is 28.8 Å². The summed E-state index contributed by atoms with van der Waals surface area (Å²) in [4.78, 5) is 79.9. The normalized spacial score (nSPS) is 26.1. The summed E-state index contributed by atoms with van der Waals surface area (Å²) in [6.07, 6.45) is 5.87. The molecule has 0 spiro atoms. The van der Waals surface area contributed by atoms with Gasteiger partial charge in [-0.05, 0) is 69.1 Å². The van der Waals surface area contributed by atoms with Crippen molar-refractivity contribution in [1.29, 1.82) is 0 Å². The third-order valence-electron chi connectivity index (χ3n) is 9.60. The number of hydrogen-bond donors (Lipinski definition) is 4. The number of nitrogens with zero attached hydrogens (tertiary/aromatic N) is 1. The first-order valence-electron chi connectivity index (χ1n) is 16.0. The van der Waals surface area contributed by atoms with Gasteiger partial charge >= 0.3 is 12.0 Å². The summed E-state index contributed by atoms with van der Waals surface area (Å²) in [7, 11) is 0. The summed E-state index contributed by atoms with van der Waals surface area (Å²) < 4.78 is 5.45. The van der Waals surface area contributed by atoms with Crippen LogP contribution >= 0.6 is 0 Å². The molecule has 1 saturated heterocycles. The van der Waals surface area contributed by atoms with Gasteiger partial charge in [-0.1, -0.05) is 44.8 Å². The molecule has 1 aliphatic heterocycles. The first kappa shape index (κ1) is 32.0. The number of amides is 5. The fourth-order valence-corrected chi connectivity index (χ4v) is 6.55. The molecule has 5 aliphatic rings. The number of carbonyl (C=O) groups is 6. The molecule has 6 atom stereocenters. The van der Waals surface area contributed by atoms with Crippen molar-refractivity contribution in [3.8, 4) is 0 Å². The molecule has 12 heteroatoms. The Labute approximate surface area is 258 Å². The van der Waals surface area contributed by atoms with Crippen LogP contribution < -0.4 is 21.7 Å². The molecule has 44 heavy (non-hydrogen) atoms. The van der Waals surface area contributed by atoms with E-state index in [-0.39, 0.29) is 23.7 Å². The van der Waals surface area contributed by atoms with Gasteiger partial charge < -0.3 is 31.3 Å². The van der Waals surface area contributed by atoms with E-state index in [0.717, 1.165) is 49.7 Å². The zero-order valence-corrected chi connectivity index (χ0v) is 26.4. The van der Waals surface area contributed by atoms with Crippen LogP contribution in [0.15, 0.2) is 11.1 Å². The van der Waals surface area contributed by atoms with Crippen LogP contribution in [0.1, 0.15) is 79.6 Å². The topological polar surface area (TPSA) is 177 Å². The van der Waals surface area contributed by atoms with E-state index >= 15 is 0 Å². The Morgan fingerprint density at radius 3 is 2.09 bits per heavy atom. The third kappa shape index (κ3) is 7.26. The van der Waals surface area contributed by atoms with Crippen LogP contribution in [0.4, 0.5) is 4.79 Å². The monoisotopic (exact) mass is 613 g/mol. The lowest BCUT2D eigenvalue weighted by Crippen LogP contribution is -2.61. The molecule has 5 fully saturated rings. The number of carbonyl (C=O) groups excluding carboxylic acids is 6. The average Bonchev–Trinajstić information content (AvgIpc) is 3.74. The molecule has 5 amide bonds. The second-order valence-electron chi connectivity index (χ2n) is 14.8. The molecular formula is C32H47N5O7. The highest BCUT2D eigenvalue weighted by Crippen LogP contribution is 2.56. The number of likely N-dealkylation sites (tertiary alicyclic amines) is 1. The number of piperidine rings is 1. The van der Waals surface area contributed by atoms with Gasteiger partial charge in [-0.15, -0.1) is 0 Å². The smallest absolute Gasteiger partial charge is 0.328 e. The molecule has 5 N–H and O–H groups in total. The largest absolute Gasteiger partial charge is 0.464 e. The Bertz CT molecular complexity index is 1260. The predicted molar refractivity (Wildman–Crippen MR) is 159 cm³/mol. The number of fused-ring (bicyclic) bond motifs is 1. The number of hydrogen-bond acceptors (Lipinski definition) is 7. The Morgan fingerprint density at radius 2 is 1.57 bits per heavy atom. The average molecular weight is 614 g/mol. The SMILES string of the molecule is CC(C)=C1[C@H]2[C@@H]1CN(C(=O)C(NC(=O)N[C@H](C(=O)OCC1CC1)C1CC1)C(C)(C)C)[C@@H]2C(=O)NC(CC1CC1)C(=O)C(N)=O. The number of ketones is 1. The quantitative estimate of drug-likeness (QED) is 0.138. The van der Waals surface area contributed by atoms with E-state index < -0.39 is 65.1 Å². The van der Waals surface area contributed by atoms with Crippen LogP contribution in [0.2, 0.25) is 0 Å². The van der Waals surface area contributed by atoms with Crippen molar-refractivity contribution < 1.29 is 33.5 Å². The zero-order valence-electron chi connectivity index (χ0n) is 26.4. The first-order chi connectivity index (χ1) is 20.7. The third-order valence-corrected chi connectivity index (χ3v) is 9.60. The van der Waals surface area contributed by atoms with Gasteiger partial charge in [-0.2, -0.15) is 0 Å². The minimum atomic E-state index is -1.10. The first-order valence-corrected chi connectivity index (χ1v) is 16.0. The van der Waals surface area contributed by atoms with Gasteiger partial charge in [0.15, 0.2) is 0 Å². The van der Waals surface area contributed by atoms with Gasteiger partial charge in [0.05, 0.1) is 12.6 Å². The van der Waals surface area contributed by atoms with Gasteiger partial charge in [0, 0.05) is 18.4 Å². The van der Waals surface area contributed by atoms with Crippen LogP contribution in [0.25, 0.3) is 0 Å². The molecule has 2 unspecified atom stereocenters. The molecule has 1 heterocycles. The highest BCUT2D eigenvalue weighted by molar-refractivity contribution is 6.37. The predicted octanol–water partition coefficient (Wildman–Crippen LogP) is 1.56. The van der Waals surface area contributed by atoms with Gasteiger partial charge in [0.2, 0.25) is 17.6 Å². The number of esters is 1. The maximum Gasteiger partial charge on any atom is 0.328 e. The fraction of sp³-hybridized carbons (Fsp3) is 0.750. The lowest BCUT2D eigenvalue weighted by atomic mass is 9.85. The maximum absolute atomic E-state index is 14.2. The summed E-state index contributed by atoms with van der Waals surface area (Å²) in [6.45, 7) is 10.1. The minimum absolute atomic E-state index is 0.00311.